The van der Waals surface area contributed by atoms with Gasteiger partial charge in [0.2, 0.25) is 0 Å². The Hall–Kier alpha value is -1.42. The molecule has 0 radical (unpaired) electrons. The Morgan fingerprint density at radius 1 is 1.35 bits per heavy atom. The number of nitrogens with zero attached hydrogens (tertiary/aromatic N) is 1. The molecule has 0 atom stereocenters. The van der Waals surface area contributed by atoms with Crippen LogP contribution in [-0.2, 0) is 6.42 Å². The molecule has 0 spiro atoms. The molecule has 2 aromatic rings. The third kappa shape index (κ3) is 2.17. The lowest BCUT2D eigenvalue weighted by Crippen LogP contribution is -2.18. The molecule has 0 bridgehead atoms. The molecule has 2 rings (SSSR count). The van der Waals surface area contributed by atoms with E-state index in [-0.39, 0.29) is 5.91 Å². The average Bonchev–Trinajstić information content (AvgIpc) is 2.38. The lowest BCUT2D eigenvalue weighted by Gasteiger charge is -2.07. The standard InChI is InChI=1S/C13H13BrN2O/c1-3-8-4-5-9-10(13(17)15-2)6-7-11(14)12(9)16-8/h4-7H,3H2,1-2H3,(H,15,17). The number of aryl methyl sites for hydroxylation is 1. The number of nitrogens with one attached hydrogen (secondary N) is 1. The number of amides is 1. The lowest BCUT2D eigenvalue weighted by molar-refractivity contribution is 0.0964. The lowest BCUT2D eigenvalue weighted by atomic mass is 10.1. The molecule has 0 unspecified atom stereocenters. The van der Waals surface area contributed by atoms with Crippen LogP contribution in [0, 0.1) is 0 Å². The minimum absolute atomic E-state index is 0.0893. The van der Waals surface area contributed by atoms with Gasteiger partial charge in [0.15, 0.2) is 0 Å². The zero-order valence-electron chi connectivity index (χ0n) is 9.75. The number of aromatic nitrogens is 1. The Bertz CT molecular complexity index is 581. The third-order valence-electron chi connectivity index (χ3n) is 2.70. The molecule has 3 nitrogen and oxygen atoms in total. The molecular weight excluding hydrogens is 280 g/mol. The third-order valence-corrected chi connectivity index (χ3v) is 3.34. The zero-order chi connectivity index (χ0) is 12.4. The fourth-order valence-electron chi connectivity index (χ4n) is 1.75. The van der Waals surface area contributed by atoms with Crippen LogP contribution in [0.4, 0.5) is 0 Å². The van der Waals surface area contributed by atoms with Gasteiger partial charge in [-0.25, -0.2) is 0 Å². The van der Waals surface area contributed by atoms with Crippen LogP contribution in [0.1, 0.15) is 23.0 Å². The molecule has 88 valence electrons. The van der Waals surface area contributed by atoms with Crippen LogP contribution < -0.4 is 5.32 Å². The van der Waals surface area contributed by atoms with Crippen molar-refractivity contribution in [3.05, 3.63) is 40.0 Å². The summed E-state index contributed by atoms with van der Waals surface area (Å²) in [5.41, 5.74) is 2.51. The average molecular weight is 293 g/mol. The van der Waals surface area contributed by atoms with E-state index in [4.69, 9.17) is 0 Å². The van der Waals surface area contributed by atoms with Crippen LogP contribution in [0.25, 0.3) is 10.9 Å². The van der Waals surface area contributed by atoms with Gasteiger partial charge < -0.3 is 5.32 Å². The van der Waals surface area contributed by atoms with E-state index in [1.165, 1.54) is 0 Å². The van der Waals surface area contributed by atoms with Crippen LogP contribution in [0.3, 0.4) is 0 Å². The van der Waals surface area contributed by atoms with Crippen LogP contribution in [0.2, 0.25) is 0 Å². The second-order valence-electron chi connectivity index (χ2n) is 3.73. The van der Waals surface area contributed by atoms with Gasteiger partial charge in [-0.3, -0.25) is 9.78 Å². The first kappa shape index (κ1) is 12.0. The van der Waals surface area contributed by atoms with Gasteiger partial charge in [-0.15, -0.1) is 0 Å². The number of fused-ring (bicyclic) bond motifs is 1. The van der Waals surface area contributed by atoms with Gasteiger partial charge in [0.05, 0.1) is 5.52 Å². The van der Waals surface area contributed by atoms with Crippen molar-refractivity contribution in [2.75, 3.05) is 7.05 Å². The molecular formula is C13H13BrN2O. The SMILES string of the molecule is CCc1ccc2c(C(=O)NC)ccc(Br)c2n1. The molecule has 0 saturated carbocycles. The van der Waals surface area contributed by atoms with Gasteiger partial charge >= 0.3 is 0 Å². The predicted molar refractivity (Wildman–Crippen MR) is 72.2 cm³/mol. The van der Waals surface area contributed by atoms with E-state index in [9.17, 15) is 4.79 Å². The number of pyridine rings is 1. The molecule has 0 aliphatic heterocycles. The van der Waals surface area contributed by atoms with Gasteiger partial charge in [0, 0.05) is 28.2 Å². The van der Waals surface area contributed by atoms with Crippen molar-refractivity contribution in [1.29, 1.82) is 0 Å². The molecule has 1 heterocycles. The summed E-state index contributed by atoms with van der Waals surface area (Å²) in [6.45, 7) is 2.06. The molecule has 1 aromatic carbocycles. The van der Waals surface area contributed by atoms with Crippen molar-refractivity contribution in [1.82, 2.24) is 10.3 Å². The minimum Gasteiger partial charge on any atom is -0.355 e. The Kier molecular flexibility index (Phi) is 3.43. The summed E-state index contributed by atoms with van der Waals surface area (Å²) in [6.07, 6.45) is 0.882. The van der Waals surface area contributed by atoms with E-state index in [1.54, 1.807) is 13.1 Å². The summed E-state index contributed by atoms with van der Waals surface area (Å²) in [7, 11) is 1.63. The number of carbonyl (C=O) groups excluding carboxylic acids is 1. The molecule has 4 heteroatoms. The van der Waals surface area contributed by atoms with Gasteiger partial charge in [0.25, 0.3) is 5.91 Å². The molecule has 0 aliphatic carbocycles. The van der Waals surface area contributed by atoms with Crippen LogP contribution in [-0.4, -0.2) is 17.9 Å². The van der Waals surface area contributed by atoms with E-state index in [2.05, 4.69) is 33.2 Å². The summed E-state index contributed by atoms with van der Waals surface area (Å²) >= 11 is 3.47. The summed E-state index contributed by atoms with van der Waals surface area (Å²) < 4.78 is 0.912. The van der Waals surface area contributed by atoms with Gasteiger partial charge in [-0.05, 0) is 40.5 Å². The smallest absolute Gasteiger partial charge is 0.251 e. The Morgan fingerprint density at radius 2 is 2.12 bits per heavy atom. The highest BCUT2D eigenvalue weighted by Gasteiger charge is 2.11. The van der Waals surface area contributed by atoms with E-state index in [0.717, 1.165) is 27.5 Å². The number of halogens is 1. The van der Waals surface area contributed by atoms with Gasteiger partial charge in [0.1, 0.15) is 0 Å². The second kappa shape index (κ2) is 4.84. The van der Waals surface area contributed by atoms with Crippen molar-refractivity contribution in [3.8, 4) is 0 Å². The maximum absolute atomic E-state index is 11.7. The molecule has 1 amide bonds. The van der Waals surface area contributed by atoms with Gasteiger partial charge in [-0.1, -0.05) is 13.0 Å². The number of hydrogen-bond donors (Lipinski definition) is 1. The van der Waals surface area contributed by atoms with Crippen molar-refractivity contribution >= 4 is 32.7 Å². The van der Waals surface area contributed by atoms with E-state index < -0.39 is 0 Å². The fraction of sp³-hybridized carbons (Fsp3) is 0.231. The topological polar surface area (TPSA) is 42.0 Å². The molecule has 1 N–H and O–H groups in total. The molecule has 1 aromatic heterocycles. The molecule has 17 heavy (non-hydrogen) atoms. The number of rotatable bonds is 2. The van der Waals surface area contributed by atoms with Gasteiger partial charge in [-0.2, -0.15) is 0 Å². The highest BCUT2D eigenvalue weighted by Crippen LogP contribution is 2.25. The Labute approximate surface area is 108 Å². The monoisotopic (exact) mass is 292 g/mol. The number of hydrogen-bond acceptors (Lipinski definition) is 2. The first-order valence-electron chi connectivity index (χ1n) is 5.47. The minimum atomic E-state index is -0.0893. The van der Waals surface area contributed by atoms with Crippen molar-refractivity contribution < 1.29 is 4.79 Å². The summed E-state index contributed by atoms with van der Waals surface area (Å²) in [5, 5.41) is 3.51. The molecule has 0 aliphatic rings. The Morgan fingerprint density at radius 3 is 2.76 bits per heavy atom. The maximum atomic E-state index is 11.7. The van der Waals surface area contributed by atoms with Crippen molar-refractivity contribution in [2.24, 2.45) is 0 Å². The van der Waals surface area contributed by atoms with Crippen LogP contribution >= 0.6 is 15.9 Å². The maximum Gasteiger partial charge on any atom is 0.251 e. The summed E-state index contributed by atoms with van der Waals surface area (Å²) in [5.74, 6) is -0.0893. The molecule has 0 fully saturated rings. The van der Waals surface area contributed by atoms with Crippen LogP contribution in [0.15, 0.2) is 28.7 Å². The first-order valence-corrected chi connectivity index (χ1v) is 6.27. The Balaban J connectivity index is 2.73. The summed E-state index contributed by atoms with van der Waals surface area (Å²) in [6, 6.07) is 7.58. The van der Waals surface area contributed by atoms with E-state index in [1.807, 2.05) is 18.2 Å². The second-order valence-corrected chi connectivity index (χ2v) is 4.58. The van der Waals surface area contributed by atoms with E-state index >= 15 is 0 Å². The highest BCUT2D eigenvalue weighted by molar-refractivity contribution is 9.10. The number of carbonyl (C=O) groups is 1. The summed E-state index contributed by atoms with van der Waals surface area (Å²) in [4.78, 5) is 16.3. The first-order chi connectivity index (χ1) is 8.17. The normalized spacial score (nSPS) is 10.5. The van der Waals surface area contributed by atoms with Crippen LogP contribution in [0.5, 0.6) is 0 Å². The fourth-order valence-corrected chi connectivity index (χ4v) is 2.19. The highest BCUT2D eigenvalue weighted by atomic mass is 79.9. The van der Waals surface area contributed by atoms with Crippen molar-refractivity contribution in [3.63, 3.8) is 0 Å². The van der Waals surface area contributed by atoms with Crippen molar-refractivity contribution in [2.45, 2.75) is 13.3 Å². The molecule has 0 saturated heterocycles. The quantitative estimate of drug-likeness (QED) is 0.925. The van der Waals surface area contributed by atoms with E-state index in [0.29, 0.717) is 5.56 Å². The zero-order valence-corrected chi connectivity index (χ0v) is 11.3. The predicted octanol–water partition coefficient (Wildman–Crippen LogP) is 2.92. The largest absolute Gasteiger partial charge is 0.355 e. The number of benzene rings is 1.